The first-order valence-electron chi connectivity index (χ1n) is 9.87. The van der Waals surface area contributed by atoms with Crippen molar-refractivity contribution in [1.82, 2.24) is 19.5 Å². The summed E-state index contributed by atoms with van der Waals surface area (Å²) >= 11 is 0. The van der Waals surface area contributed by atoms with Crippen molar-refractivity contribution in [3.63, 3.8) is 0 Å². The molecule has 156 valence electrons. The highest BCUT2D eigenvalue weighted by Gasteiger charge is 2.24. The molecule has 7 nitrogen and oxygen atoms in total. The van der Waals surface area contributed by atoms with Gasteiger partial charge in [0, 0.05) is 19.2 Å². The Morgan fingerprint density at radius 2 is 1.93 bits per heavy atom. The van der Waals surface area contributed by atoms with E-state index >= 15 is 0 Å². The van der Waals surface area contributed by atoms with Crippen LogP contribution in [-0.4, -0.2) is 37.8 Å². The van der Waals surface area contributed by atoms with Crippen LogP contribution < -0.4 is 10.6 Å². The summed E-state index contributed by atoms with van der Waals surface area (Å²) in [4.78, 5) is 13.7. The number of rotatable bonds is 8. The number of aliphatic hydroxyl groups excluding tert-OH is 1. The van der Waals surface area contributed by atoms with E-state index in [0.717, 1.165) is 31.3 Å². The molecule has 0 saturated heterocycles. The maximum atomic E-state index is 14.2. The molecule has 0 atom stereocenters. The average Bonchev–Trinajstić information content (AvgIpc) is 3.34. The third kappa shape index (κ3) is 4.64. The summed E-state index contributed by atoms with van der Waals surface area (Å²) in [5, 5.41) is 15.3. The SMILES string of the molecule is C.OCCCCNc1ncc2nc(Nc3ccccc3F)n(C3CCCC3)c2n1. The second-order valence-electron chi connectivity index (χ2n) is 7.11. The fourth-order valence-corrected chi connectivity index (χ4v) is 3.69. The van der Waals surface area contributed by atoms with Crippen molar-refractivity contribution in [2.45, 2.75) is 52.0 Å². The summed E-state index contributed by atoms with van der Waals surface area (Å²) in [6.07, 6.45) is 7.74. The van der Waals surface area contributed by atoms with Crippen LogP contribution in [0.2, 0.25) is 0 Å². The highest BCUT2D eigenvalue weighted by molar-refractivity contribution is 5.76. The molecule has 1 aliphatic rings. The van der Waals surface area contributed by atoms with Gasteiger partial charge in [-0.2, -0.15) is 4.98 Å². The van der Waals surface area contributed by atoms with Crippen LogP contribution >= 0.6 is 0 Å². The van der Waals surface area contributed by atoms with Crippen LogP contribution in [0.3, 0.4) is 0 Å². The average molecular weight is 401 g/mol. The number of nitrogens with one attached hydrogen (secondary N) is 2. The summed E-state index contributed by atoms with van der Waals surface area (Å²) in [5.41, 5.74) is 1.84. The van der Waals surface area contributed by atoms with Gasteiger partial charge in [0.2, 0.25) is 11.9 Å². The molecule has 2 aromatic heterocycles. The Morgan fingerprint density at radius 1 is 1.14 bits per heavy atom. The molecule has 2 heterocycles. The Labute approximate surface area is 170 Å². The first-order chi connectivity index (χ1) is 13.8. The fourth-order valence-electron chi connectivity index (χ4n) is 3.69. The third-order valence-electron chi connectivity index (χ3n) is 5.11. The summed E-state index contributed by atoms with van der Waals surface area (Å²) in [5.74, 6) is 0.825. The zero-order valence-electron chi connectivity index (χ0n) is 15.7. The molecule has 29 heavy (non-hydrogen) atoms. The van der Waals surface area contributed by atoms with Crippen LogP contribution in [0.25, 0.3) is 11.2 Å². The van der Waals surface area contributed by atoms with Gasteiger partial charge in [-0.3, -0.25) is 4.57 Å². The smallest absolute Gasteiger partial charge is 0.224 e. The number of aromatic nitrogens is 4. The van der Waals surface area contributed by atoms with Crippen LogP contribution in [0.4, 0.5) is 22.0 Å². The number of hydrogen-bond donors (Lipinski definition) is 3. The molecule has 0 unspecified atom stereocenters. The molecule has 1 fully saturated rings. The minimum Gasteiger partial charge on any atom is -0.396 e. The van der Waals surface area contributed by atoms with Crippen molar-refractivity contribution in [3.8, 4) is 0 Å². The molecule has 1 aromatic carbocycles. The highest BCUT2D eigenvalue weighted by Crippen LogP contribution is 2.36. The number of aliphatic hydroxyl groups is 1. The summed E-state index contributed by atoms with van der Waals surface area (Å²) in [6, 6.07) is 6.88. The van der Waals surface area contributed by atoms with Crippen LogP contribution in [0, 0.1) is 5.82 Å². The first-order valence-corrected chi connectivity index (χ1v) is 9.87. The number of unbranched alkanes of at least 4 members (excludes halogenated alkanes) is 1. The lowest BCUT2D eigenvalue weighted by Crippen LogP contribution is -2.11. The van der Waals surface area contributed by atoms with E-state index in [1.54, 1.807) is 24.4 Å². The number of imidazole rings is 1. The Hall–Kier alpha value is -2.74. The molecule has 0 spiro atoms. The van der Waals surface area contributed by atoms with E-state index in [2.05, 4.69) is 30.2 Å². The highest BCUT2D eigenvalue weighted by atomic mass is 19.1. The van der Waals surface area contributed by atoms with Crippen molar-refractivity contribution < 1.29 is 9.50 Å². The van der Waals surface area contributed by atoms with Gasteiger partial charge in [-0.1, -0.05) is 32.4 Å². The number of fused-ring (bicyclic) bond motifs is 1. The van der Waals surface area contributed by atoms with E-state index in [4.69, 9.17) is 5.11 Å². The lowest BCUT2D eigenvalue weighted by Gasteiger charge is -2.17. The Kier molecular flexibility index (Phi) is 6.98. The van der Waals surface area contributed by atoms with Crippen LogP contribution in [0.1, 0.15) is 52.0 Å². The second-order valence-corrected chi connectivity index (χ2v) is 7.11. The molecule has 0 radical (unpaired) electrons. The van der Waals surface area contributed by atoms with E-state index in [1.807, 2.05) is 0 Å². The number of anilines is 3. The molecule has 8 heteroatoms. The second kappa shape index (κ2) is 9.65. The molecule has 1 saturated carbocycles. The third-order valence-corrected chi connectivity index (χ3v) is 5.11. The molecule has 4 rings (SSSR count). The minimum absolute atomic E-state index is 0. The van der Waals surface area contributed by atoms with Gasteiger partial charge in [0.15, 0.2) is 5.65 Å². The molecule has 1 aliphatic carbocycles. The number of nitrogens with zero attached hydrogens (tertiary/aromatic N) is 4. The van der Waals surface area contributed by atoms with Gasteiger partial charge in [-0.05, 0) is 37.8 Å². The summed E-state index contributed by atoms with van der Waals surface area (Å²) < 4.78 is 16.2. The molecule has 3 aromatic rings. The lowest BCUT2D eigenvalue weighted by molar-refractivity contribution is 0.286. The molecule has 0 bridgehead atoms. The Morgan fingerprint density at radius 3 is 2.69 bits per heavy atom. The van der Waals surface area contributed by atoms with Crippen molar-refractivity contribution in [3.05, 3.63) is 36.3 Å². The summed E-state index contributed by atoms with van der Waals surface area (Å²) in [7, 11) is 0. The quantitative estimate of drug-likeness (QED) is 0.477. The van der Waals surface area contributed by atoms with Crippen molar-refractivity contribution in [2.24, 2.45) is 0 Å². The van der Waals surface area contributed by atoms with Gasteiger partial charge in [0.25, 0.3) is 0 Å². The van der Waals surface area contributed by atoms with Crippen LogP contribution in [0.15, 0.2) is 30.5 Å². The van der Waals surface area contributed by atoms with Crippen molar-refractivity contribution >= 4 is 28.7 Å². The monoisotopic (exact) mass is 400 g/mol. The zero-order valence-corrected chi connectivity index (χ0v) is 15.7. The van der Waals surface area contributed by atoms with Gasteiger partial charge in [-0.15, -0.1) is 0 Å². The van der Waals surface area contributed by atoms with E-state index in [-0.39, 0.29) is 25.9 Å². The van der Waals surface area contributed by atoms with Gasteiger partial charge >= 0.3 is 0 Å². The van der Waals surface area contributed by atoms with Gasteiger partial charge < -0.3 is 15.7 Å². The Balaban J connectivity index is 0.00000240. The van der Waals surface area contributed by atoms with Gasteiger partial charge in [0.1, 0.15) is 11.3 Å². The Bertz CT molecular complexity index is 938. The zero-order chi connectivity index (χ0) is 19.3. The normalized spacial score (nSPS) is 14.1. The van der Waals surface area contributed by atoms with Gasteiger partial charge in [-0.25, -0.2) is 14.4 Å². The largest absolute Gasteiger partial charge is 0.396 e. The predicted octanol–water partition coefficient (Wildman–Crippen LogP) is 4.64. The minimum atomic E-state index is -0.315. The van der Waals surface area contributed by atoms with E-state index in [9.17, 15) is 4.39 Å². The van der Waals surface area contributed by atoms with E-state index in [1.165, 1.54) is 18.9 Å². The molecule has 0 amide bonds. The molecule has 0 aliphatic heterocycles. The van der Waals surface area contributed by atoms with Crippen molar-refractivity contribution in [2.75, 3.05) is 23.8 Å². The van der Waals surface area contributed by atoms with E-state index < -0.39 is 0 Å². The fraction of sp³-hybridized carbons (Fsp3) is 0.476. The maximum Gasteiger partial charge on any atom is 0.224 e. The molecular weight excluding hydrogens is 371 g/mol. The van der Waals surface area contributed by atoms with Crippen LogP contribution in [0.5, 0.6) is 0 Å². The lowest BCUT2D eigenvalue weighted by atomic mass is 10.2. The first kappa shape index (κ1) is 21.0. The topological polar surface area (TPSA) is 87.9 Å². The number of para-hydroxylation sites is 1. The summed E-state index contributed by atoms with van der Waals surface area (Å²) in [6.45, 7) is 0.880. The standard InChI is InChI=1S/C20H25FN6O.CH4/c21-15-9-3-4-10-16(15)24-20-25-17-13-23-19(22-11-5-6-12-28)26-18(17)27(20)14-7-1-2-8-14;/h3-4,9-10,13-14,28H,1-2,5-8,11-12H2,(H,24,25)(H,22,23,26);1H4. The van der Waals surface area contributed by atoms with E-state index in [0.29, 0.717) is 29.6 Å². The molecule has 3 N–H and O–H groups in total. The van der Waals surface area contributed by atoms with Crippen LogP contribution in [-0.2, 0) is 0 Å². The number of hydrogen-bond acceptors (Lipinski definition) is 6. The maximum absolute atomic E-state index is 14.2. The van der Waals surface area contributed by atoms with Crippen molar-refractivity contribution in [1.29, 1.82) is 0 Å². The molecular formula is C21H29FN6O. The number of benzene rings is 1. The number of halogens is 1. The van der Waals surface area contributed by atoms with Gasteiger partial charge in [0.05, 0.1) is 11.9 Å². The predicted molar refractivity (Wildman–Crippen MR) is 114 cm³/mol.